The van der Waals surface area contributed by atoms with Crippen molar-refractivity contribution in [2.24, 2.45) is 0 Å². The highest BCUT2D eigenvalue weighted by molar-refractivity contribution is 5.70. The predicted octanol–water partition coefficient (Wildman–Crippen LogP) is 3.52. The quantitative estimate of drug-likeness (QED) is 0.614. The second-order valence-corrected chi connectivity index (χ2v) is 7.29. The first kappa shape index (κ1) is 19.2. The molecule has 2 heterocycles. The summed E-state index contributed by atoms with van der Waals surface area (Å²) in [5, 5.41) is 0. The highest BCUT2D eigenvalue weighted by Gasteiger charge is 2.26. The lowest BCUT2D eigenvalue weighted by molar-refractivity contribution is -0.135. The molecule has 29 heavy (non-hydrogen) atoms. The van der Waals surface area contributed by atoms with Crippen LogP contribution in [0.2, 0.25) is 0 Å². The molecule has 1 N–H and O–H groups in total. The Morgan fingerprint density at radius 3 is 2.62 bits per heavy atom. The number of hydrogen-bond acceptors (Lipinski definition) is 6. The van der Waals surface area contributed by atoms with Crippen molar-refractivity contribution in [2.45, 2.75) is 57.6 Å². The standard InChI is InChI=1S/C21H24N4O4/c1-2-12-25-20(27)17-19(24-21(25)29-16-6-4-3-5-7-16)23-18(22-17)14-8-10-15(11-9-14)28-13-26/h3-7,13-15H,2,8-12H2,1H3,(H,22,23). The first-order valence-electron chi connectivity index (χ1n) is 10.0. The van der Waals surface area contributed by atoms with Gasteiger partial charge in [0.05, 0.1) is 0 Å². The molecule has 8 nitrogen and oxygen atoms in total. The number of rotatable bonds is 7. The first-order valence-corrected chi connectivity index (χ1v) is 10.0. The number of ether oxygens (including phenoxy) is 2. The summed E-state index contributed by atoms with van der Waals surface area (Å²) >= 11 is 0. The van der Waals surface area contributed by atoms with Gasteiger partial charge in [0.2, 0.25) is 0 Å². The summed E-state index contributed by atoms with van der Waals surface area (Å²) in [4.78, 5) is 35.9. The summed E-state index contributed by atoms with van der Waals surface area (Å²) in [6.07, 6.45) is 4.01. The number of imidazole rings is 1. The minimum absolute atomic E-state index is 0.0288. The molecule has 2 aromatic heterocycles. The maximum absolute atomic E-state index is 13.1. The van der Waals surface area contributed by atoms with Gasteiger partial charge in [-0.3, -0.25) is 14.2 Å². The number of hydrogen-bond donors (Lipinski definition) is 1. The molecule has 0 aliphatic heterocycles. The molecule has 152 valence electrons. The van der Waals surface area contributed by atoms with E-state index >= 15 is 0 Å². The van der Waals surface area contributed by atoms with Crippen LogP contribution in [0.4, 0.5) is 0 Å². The second-order valence-electron chi connectivity index (χ2n) is 7.29. The third kappa shape index (κ3) is 4.01. The molecule has 1 aliphatic carbocycles. The van der Waals surface area contributed by atoms with Crippen molar-refractivity contribution < 1.29 is 14.3 Å². The summed E-state index contributed by atoms with van der Waals surface area (Å²) in [5.74, 6) is 1.56. The fourth-order valence-electron chi connectivity index (χ4n) is 3.82. The molecule has 1 fully saturated rings. The average molecular weight is 396 g/mol. The molecular weight excluding hydrogens is 372 g/mol. The van der Waals surface area contributed by atoms with Gasteiger partial charge in [-0.15, -0.1) is 0 Å². The van der Waals surface area contributed by atoms with Crippen LogP contribution in [-0.4, -0.2) is 32.1 Å². The van der Waals surface area contributed by atoms with Crippen molar-refractivity contribution in [3.8, 4) is 11.8 Å². The maximum Gasteiger partial charge on any atom is 0.306 e. The number of nitrogens with zero attached hydrogens (tertiary/aromatic N) is 3. The molecule has 8 heteroatoms. The Morgan fingerprint density at radius 1 is 1.17 bits per heavy atom. The number of benzene rings is 1. The van der Waals surface area contributed by atoms with Crippen molar-refractivity contribution in [3.63, 3.8) is 0 Å². The van der Waals surface area contributed by atoms with Crippen LogP contribution in [0, 0.1) is 0 Å². The van der Waals surface area contributed by atoms with E-state index in [1.54, 1.807) is 4.57 Å². The molecule has 0 radical (unpaired) electrons. The molecule has 4 rings (SSSR count). The summed E-state index contributed by atoms with van der Waals surface area (Å²) in [5.41, 5.74) is 0.592. The third-order valence-corrected chi connectivity index (χ3v) is 5.30. The Hall–Kier alpha value is -3.16. The van der Waals surface area contributed by atoms with Gasteiger partial charge < -0.3 is 14.5 Å². The van der Waals surface area contributed by atoms with Crippen molar-refractivity contribution in [1.29, 1.82) is 0 Å². The maximum atomic E-state index is 13.1. The van der Waals surface area contributed by atoms with Crippen molar-refractivity contribution >= 4 is 17.6 Å². The molecule has 0 bridgehead atoms. The Morgan fingerprint density at radius 2 is 1.93 bits per heavy atom. The van der Waals surface area contributed by atoms with E-state index < -0.39 is 0 Å². The highest BCUT2D eigenvalue weighted by atomic mass is 16.5. The van der Waals surface area contributed by atoms with Crippen LogP contribution < -0.4 is 10.3 Å². The Labute approximate surface area is 167 Å². The lowest BCUT2D eigenvalue weighted by atomic mass is 9.87. The van der Waals surface area contributed by atoms with E-state index in [0.29, 0.717) is 29.9 Å². The smallest absolute Gasteiger partial charge is 0.306 e. The van der Waals surface area contributed by atoms with Crippen molar-refractivity contribution in [3.05, 3.63) is 46.5 Å². The SMILES string of the molecule is CCCn1c(Oc2ccccc2)nc2nc(C3CCC(OC=O)CC3)[nH]c2c1=O. The van der Waals surface area contributed by atoms with E-state index in [2.05, 4.69) is 15.0 Å². The molecule has 0 unspecified atom stereocenters. The number of carbonyl (C=O) groups is 1. The normalized spacial score (nSPS) is 19.2. The fourth-order valence-corrected chi connectivity index (χ4v) is 3.82. The molecule has 1 aromatic carbocycles. The number of fused-ring (bicyclic) bond motifs is 1. The van der Waals surface area contributed by atoms with E-state index in [-0.39, 0.29) is 23.6 Å². The average Bonchev–Trinajstić information content (AvgIpc) is 3.17. The summed E-state index contributed by atoms with van der Waals surface area (Å²) in [7, 11) is 0. The van der Waals surface area contributed by atoms with Gasteiger partial charge in [0, 0.05) is 12.5 Å². The van der Waals surface area contributed by atoms with Crippen molar-refractivity contribution in [2.75, 3.05) is 0 Å². The van der Waals surface area contributed by atoms with E-state index in [1.165, 1.54) is 0 Å². The van der Waals surface area contributed by atoms with Gasteiger partial charge in [0.1, 0.15) is 17.7 Å². The number of H-pyrrole nitrogens is 1. The molecule has 1 saturated carbocycles. The molecular formula is C21H24N4O4. The molecule has 0 saturated heterocycles. The van der Waals surface area contributed by atoms with Gasteiger partial charge in [0.15, 0.2) is 11.2 Å². The number of aromatic nitrogens is 4. The number of para-hydroxylation sites is 1. The van der Waals surface area contributed by atoms with E-state index in [0.717, 1.165) is 37.9 Å². The first-order chi connectivity index (χ1) is 14.2. The Balaban J connectivity index is 1.66. The monoisotopic (exact) mass is 396 g/mol. The topological polar surface area (TPSA) is 99.1 Å². The van der Waals surface area contributed by atoms with Gasteiger partial charge in [-0.05, 0) is 44.2 Å². The van der Waals surface area contributed by atoms with Gasteiger partial charge in [-0.25, -0.2) is 4.98 Å². The Bertz CT molecular complexity index is 1040. The van der Waals surface area contributed by atoms with Crippen LogP contribution >= 0.6 is 0 Å². The van der Waals surface area contributed by atoms with Crippen LogP contribution in [0.25, 0.3) is 11.2 Å². The number of aromatic amines is 1. The largest absolute Gasteiger partial charge is 0.465 e. The van der Waals surface area contributed by atoms with Crippen LogP contribution in [0.15, 0.2) is 35.1 Å². The summed E-state index contributed by atoms with van der Waals surface area (Å²) in [6, 6.07) is 9.53. The van der Waals surface area contributed by atoms with Crippen molar-refractivity contribution in [1.82, 2.24) is 19.5 Å². The lowest BCUT2D eigenvalue weighted by Crippen LogP contribution is -2.23. The van der Waals surface area contributed by atoms with E-state index in [1.807, 2.05) is 37.3 Å². The van der Waals surface area contributed by atoms with Crippen LogP contribution in [0.3, 0.4) is 0 Å². The molecule has 0 atom stereocenters. The number of nitrogens with one attached hydrogen (secondary N) is 1. The Kier molecular flexibility index (Phi) is 5.59. The highest BCUT2D eigenvalue weighted by Crippen LogP contribution is 2.33. The van der Waals surface area contributed by atoms with Crippen LogP contribution in [0.5, 0.6) is 11.8 Å². The second kappa shape index (κ2) is 8.46. The van der Waals surface area contributed by atoms with Gasteiger partial charge in [0.25, 0.3) is 12.0 Å². The predicted molar refractivity (Wildman–Crippen MR) is 107 cm³/mol. The van der Waals surface area contributed by atoms with Gasteiger partial charge in [-0.1, -0.05) is 25.1 Å². The molecule has 0 spiro atoms. The molecule has 1 aliphatic rings. The van der Waals surface area contributed by atoms with Gasteiger partial charge >= 0.3 is 6.01 Å². The minimum Gasteiger partial charge on any atom is -0.465 e. The zero-order valence-corrected chi connectivity index (χ0v) is 16.3. The third-order valence-electron chi connectivity index (χ3n) is 5.30. The minimum atomic E-state index is -0.181. The lowest BCUT2D eigenvalue weighted by Gasteiger charge is -2.25. The molecule has 0 amide bonds. The van der Waals surface area contributed by atoms with E-state index in [4.69, 9.17) is 9.47 Å². The van der Waals surface area contributed by atoms with Gasteiger partial charge in [-0.2, -0.15) is 4.98 Å². The van der Waals surface area contributed by atoms with Crippen LogP contribution in [0.1, 0.15) is 50.8 Å². The molecule has 3 aromatic rings. The zero-order valence-electron chi connectivity index (χ0n) is 16.3. The van der Waals surface area contributed by atoms with E-state index in [9.17, 15) is 9.59 Å². The summed E-state index contributed by atoms with van der Waals surface area (Å²) in [6.45, 7) is 3.02. The summed E-state index contributed by atoms with van der Waals surface area (Å²) < 4.78 is 12.5. The number of carbonyl (C=O) groups excluding carboxylic acids is 1. The van der Waals surface area contributed by atoms with Crippen LogP contribution in [-0.2, 0) is 16.1 Å². The fraction of sp³-hybridized carbons (Fsp3) is 0.429. The zero-order chi connectivity index (χ0) is 20.2.